The number of hydrogen-bond donors (Lipinski definition) is 3. The predicted octanol–water partition coefficient (Wildman–Crippen LogP) is 3.92. The highest BCUT2D eigenvalue weighted by molar-refractivity contribution is 5.91. The van der Waals surface area contributed by atoms with Gasteiger partial charge in [-0.1, -0.05) is 35.9 Å². The molecule has 2 aromatic rings. The number of aliphatic hydroxyl groups excluding tert-OH is 1. The van der Waals surface area contributed by atoms with Gasteiger partial charge in [-0.3, -0.25) is 10.0 Å². The smallest absolute Gasteiger partial charge is 0.267 e. The number of rotatable bonds is 8. The van der Waals surface area contributed by atoms with Gasteiger partial charge < -0.3 is 9.84 Å². The maximum Gasteiger partial charge on any atom is 0.267 e. The second-order valence-electron chi connectivity index (χ2n) is 6.49. The Morgan fingerprint density at radius 3 is 2.50 bits per heavy atom. The molecule has 0 aromatic heterocycles. The summed E-state index contributed by atoms with van der Waals surface area (Å²) in [6.07, 6.45) is 5.28. The lowest BCUT2D eigenvalue weighted by Gasteiger charge is -2.17. The van der Waals surface area contributed by atoms with Crippen molar-refractivity contribution in [3.63, 3.8) is 0 Å². The molecule has 2 rings (SSSR count). The monoisotopic (exact) mass is 385 g/mol. The van der Waals surface area contributed by atoms with E-state index in [1.54, 1.807) is 29.7 Å². The first-order chi connectivity index (χ1) is 13.4. The molecule has 1 amide bonds. The SMILES string of the molecule is CC(C)=CCc1c(CO)ccc(/C=C\C(=O)NO)c1OCc1ccc(F)cc1. The number of hydrogen-bond acceptors (Lipinski definition) is 4. The zero-order valence-corrected chi connectivity index (χ0v) is 15.9. The molecule has 2 aromatic carbocycles. The van der Waals surface area contributed by atoms with Crippen LogP contribution in [0.2, 0.25) is 0 Å². The van der Waals surface area contributed by atoms with E-state index in [9.17, 15) is 14.3 Å². The van der Waals surface area contributed by atoms with Crippen LogP contribution in [0.3, 0.4) is 0 Å². The fraction of sp³-hybridized carbons (Fsp3) is 0.227. The van der Waals surface area contributed by atoms with E-state index in [0.717, 1.165) is 22.3 Å². The van der Waals surface area contributed by atoms with Crippen molar-refractivity contribution in [3.05, 3.63) is 82.2 Å². The summed E-state index contributed by atoms with van der Waals surface area (Å²) in [6, 6.07) is 9.50. The predicted molar refractivity (Wildman–Crippen MR) is 105 cm³/mol. The van der Waals surface area contributed by atoms with Crippen molar-refractivity contribution in [3.8, 4) is 5.75 Å². The molecule has 0 saturated heterocycles. The van der Waals surface area contributed by atoms with E-state index in [1.165, 1.54) is 24.3 Å². The second-order valence-corrected chi connectivity index (χ2v) is 6.49. The van der Waals surface area contributed by atoms with Gasteiger partial charge >= 0.3 is 0 Å². The molecular formula is C22H24FNO4. The standard InChI is InChI=1S/C22H24FNO4/c1-15(2)3-11-20-18(13-25)7-6-17(8-12-21(26)24-27)22(20)28-14-16-4-9-19(23)10-5-16/h3-10,12,25,27H,11,13-14H2,1-2H3,(H,24,26)/b12-8-. The molecule has 0 unspecified atom stereocenters. The summed E-state index contributed by atoms with van der Waals surface area (Å²) in [7, 11) is 0. The fourth-order valence-corrected chi connectivity index (χ4v) is 2.61. The quantitative estimate of drug-likeness (QED) is 0.278. The van der Waals surface area contributed by atoms with E-state index < -0.39 is 5.91 Å². The van der Waals surface area contributed by atoms with Gasteiger partial charge in [-0.25, -0.2) is 9.87 Å². The van der Waals surface area contributed by atoms with Crippen LogP contribution >= 0.6 is 0 Å². The van der Waals surface area contributed by atoms with Crippen LogP contribution in [0.15, 0.2) is 54.1 Å². The number of ether oxygens (including phenoxy) is 1. The van der Waals surface area contributed by atoms with Crippen LogP contribution in [0.25, 0.3) is 6.08 Å². The fourth-order valence-electron chi connectivity index (χ4n) is 2.61. The molecule has 0 fully saturated rings. The Kier molecular flexibility index (Phi) is 7.92. The number of benzene rings is 2. The van der Waals surface area contributed by atoms with E-state index in [0.29, 0.717) is 17.7 Å². The third-order valence-corrected chi connectivity index (χ3v) is 4.09. The Labute approximate surface area is 163 Å². The largest absolute Gasteiger partial charge is 0.488 e. The van der Waals surface area contributed by atoms with Crippen LogP contribution in [0.5, 0.6) is 5.75 Å². The van der Waals surface area contributed by atoms with E-state index in [4.69, 9.17) is 9.94 Å². The molecular weight excluding hydrogens is 361 g/mol. The van der Waals surface area contributed by atoms with Crippen LogP contribution in [0.4, 0.5) is 4.39 Å². The number of halogens is 1. The minimum atomic E-state index is -0.665. The van der Waals surface area contributed by atoms with Gasteiger partial charge in [0, 0.05) is 17.2 Å². The van der Waals surface area contributed by atoms with Crippen LogP contribution < -0.4 is 10.2 Å². The Hall–Kier alpha value is -2.96. The van der Waals surface area contributed by atoms with Gasteiger partial charge in [0.2, 0.25) is 0 Å². The van der Waals surface area contributed by atoms with Gasteiger partial charge in [0.25, 0.3) is 5.91 Å². The summed E-state index contributed by atoms with van der Waals surface area (Å²) >= 11 is 0. The van der Waals surface area contributed by atoms with Gasteiger partial charge in [0.05, 0.1) is 6.61 Å². The van der Waals surface area contributed by atoms with Gasteiger partial charge in [0.1, 0.15) is 18.2 Å². The molecule has 0 heterocycles. The molecule has 5 nitrogen and oxygen atoms in total. The van der Waals surface area contributed by atoms with E-state index in [-0.39, 0.29) is 19.0 Å². The average Bonchev–Trinajstić information content (AvgIpc) is 2.69. The zero-order chi connectivity index (χ0) is 20.5. The summed E-state index contributed by atoms with van der Waals surface area (Å²) < 4.78 is 19.1. The molecule has 0 bridgehead atoms. The Morgan fingerprint density at radius 2 is 1.89 bits per heavy atom. The van der Waals surface area contributed by atoms with Crippen molar-refractivity contribution < 1.29 is 24.2 Å². The maximum atomic E-state index is 13.1. The second kappa shape index (κ2) is 10.4. The van der Waals surface area contributed by atoms with Gasteiger partial charge in [-0.15, -0.1) is 0 Å². The number of allylic oxidation sites excluding steroid dienone is 2. The summed E-state index contributed by atoms with van der Waals surface area (Å²) in [5.41, 5.74) is 5.59. The lowest BCUT2D eigenvalue weighted by molar-refractivity contribution is -0.124. The Balaban J connectivity index is 2.44. The van der Waals surface area contributed by atoms with E-state index >= 15 is 0 Å². The lowest BCUT2D eigenvalue weighted by atomic mass is 9.98. The number of amides is 1. The molecule has 3 N–H and O–H groups in total. The number of hydroxylamine groups is 1. The number of carbonyl (C=O) groups is 1. The van der Waals surface area contributed by atoms with E-state index in [1.807, 2.05) is 19.9 Å². The molecule has 148 valence electrons. The lowest BCUT2D eigenvalue weighted by Crippen LogP contribution is -2.14. The number of nitrogens with one attached hydrogen (secondary N) is 1. The minimum absolute atomic E-state index is 0.153. The van der Waals surface area contributed by atoms with Crippen molar-refractivity contribution in [1.29, 1.82) is 0 Å². The Morgan fingerprint density at radius 1 is 1.18 bits per heavy atom. The van der Waals surface area contributed by atoms with Crippen LogP contribution in [0, 0.1) is 5.82 Å². The molecule has 28 heavy (non-hydrogen) atoms. The number of aliphatic hydroxyl groups is 1. The number of carbonyl (C=O) groups excluding carboxylic acids is 1. The topological polar surface area (TPSA) is 78.8 Å². The maximum absolute atomic E-state index is 13.1. The molecule has 0 radical (unpaired) electrons. The summed E-state index contributed by atoms with van der Waals surface area (Å²) in [6.45, 7) is 4.00. The average molecular weight is 385 g/mol. The first kappa shape index (κ1) is 21.3. The van der Waals surface area contributed by atoms with Crippen molar-refractivity contribution in [1.82, 2.24) is 5.48 Å². The molecule has 6 heteroatoms. The third-order valence-electron chi connectivity index (χ3n) is 4.09. The Bertz CT molecular complexity index is 869. The highest BCUT2D eigenvalue weighted by Gasteiger charge is 2.13. The summed E-state index contributed by atoms with van der Waals surface area (Å²) in [5.74, 6) is -0.467. The van der Waals surface area contributed by atoms with Crippen molar-refractivity contribution in [2.24, 2.45) is 0 Å². The van der Waals surface area contributed by atoms with Crippen molar-refractivity contribution in [2.45, 2.75) is 33.5 Å². The normalized spacial score (nSPS) is 10.8. The zero-order valence-electron chi connectivity index (χ0n) is 15.9. The third kappa shape index (κ3) is 6.04. The minimum Gasteiger partial charge on any atom is -0.488 e. The highest BCUT2D eigenvalue weighted by atomic mass is 19.1. The molecule has 0 aliphatic rings. The van der Waals surface area contributed by atoms with Gasteiger partial charge in [-0.05, 0) is 49.6 Å². The molecule has 0 saturated carbocycles. The molecule has 0 atom stereocenters. The first-order valence-corrected chi connectivity index (χ1v) is 8.83. The van der Waals surface area contributed by atoms with Gasteiger partial charge in [0.15, 0.2) is 0 Å². The highest BCUT2D eigenvalue weighted by Crippen LogP contribution is 2.31. The summed E-state index contributed by atoms with van der Waals surface area (Å²) in [5, 5.41) is 18.4. The van der Waals surface area contributed by atoms with E-state index in [2.05, 4.69) is 0 Å². The molecule has 0 spiro atoms. The van der Waals surface area contributed by atoms with Crippen LogP contribution in [-0.2, 0) is 24.4 Å². The molecule has 0 aliphatic heterocycles. The molecule has 0 aliphatic carbocycles. The summed E-state index contributed by atoms with van der Waals surface area (Å²) in [4.78, 5) is 11.4. The van der Waals surface area contributed by atoms with Crippen LogP contribution in [0.1, 0.15) is 36.1 Å². The van der Waals surface area contributed by atoms with Crippen molar-refractivity contribution >= 4 is 12.0 Å². The van der Waals surface area contributed by atoms with Crippen molar-refractivity contribution in [2.75, 3.05) is 0 Å². The first-order valence-electron chi connectivity index (χ1n) is 8.83. The van der Waals surface area contributed by atoms with Gasteiger partial charge in [-0.2, -0.15) is 0 Å². The van der Waals surface area contributed by atoms with Crippen LogP contribution in [-0.4, -0.2) is 16.2 Å².